The highest BCUT2D eigenvalue weighted by Crippen LogP contribution is 2.26. The predicted molar refractivity (Wildman–Crippen MR) is 72.0 cm³/mol. The predicted octanol–water partition coefficient (Wildman–Crippen LogP) is 1.06. The Hall–Kier alpha value is -1.51. The Kier molecular flexibility index (Phi) is 4.31. The molecule has 116 valence electrons. The Morgan fingerprint density at radius 2 is 2.00 bits per heavy atom. The van der Waals surface area contributed by atoms with E-state index in [1.165, 1.54) is 0 Å². The van der Waals surface area contributed by atoms with Crippen LogP contribution in [0.25, 0.3) is 0 Å². The Morgan fingerprint density at radius 1 is 1.33 bits per heavy atom. The smallest absolute Gasteiger partial charge is 0.335 e. The van der Waals surface area contributed by atoms with E-state index in [0.717, 1.165) is 22.5 Å². The van der Waals surface area contributed by atoms with Gasteiger partial charge in [-0.2, -0.15) is 4.31 Å². The van der Waals surface area contributed by atoms with Gasteiger partial charge in [0.15, 0.2) is 0 Å². The van der Waals surface area contributed by atoms with Gasteiger partial charge < -0.3 is 10.2 Å². The molecule has 0 spiro atoms. The molecule has 0 aliphatic carbocycles. The number of aromatic carboxylic acids is 1. The molecule has 1 saturated heterocycles. The second-order valence-electron chi connectivity index (χ2n) is 5.14. The third kappa shape index (κ3) is 3.22. The monoisotopic (exact) mass is 317 g/mol. The zero-order valence-electron chi connectivity index (χ0n) is 11.4. The summed E-state index contributed by atoms with van der Waals surface area (Å²) in [7, 11) is -4.05. The van der Waals surface area contributed by atoms with Crippen molar-refractivity contribution in [3.8, 4) is 0 Å². The average Bonchev–Trinajstić information content (AvgIpc) is 2.40. The Balaban J connectivity index is 2.46. The molecule has 1 aliphatic rings. The van der Waals surface area contributed by atoms with Crippen molar-refractivity contribution in [3.05, 3.63) is 29.6 Å². The summed E-state index contributed by atoms with van der Waals surface area (Å²) < 4.78 is 39.6. The van der Waals surface area contributed by atoms with Gasteiger partial charge in [-0.3, -0.25) is 0 Å². The van der Waals surface area contributed by atoms with Gasteiger partial charge in [-0.25, -0.2) is 17.6 Å². The molecule has 0 amide bonds. The lowest BCUT2D eigenvalue weighted by molar-refractivity contribution is 0.0695. The summed E-state index contributed by atoms with van der Waals surface area (Å²) in [6.45, 7) is 1.61. The highest BCUT2D eigenvalue weighted by atomic mass is 32.2. The lowest BCUT2D eigenvalue weighted by Gasteiger charge is -2.34. The Labute approximate surface area is 121 Å². The Bertz CT molecular complexity index is 661. The summed E-state index contributed by atoms with van der Waals surface area (Å²) in [5.74, 6) is -2.34. The molecule has 8 heteroatoms. The van der Waals surface area contributed by atoms with Crippen molar-refractivity contribution in [1.29, 1.82) is 0 Å². The van der Waals surface area contributed by atoms with Gasteiger partial charge in [0.2, 0.25) is 10.0 Å². The molecule has 21 heavy (non-hydrogen) atoms. The molecule has 0 radical (unpaired) electrons. The summed E-state index contributed by atoms with van der Waals surface area (Å²) >= 11 is 0. The van der Waals surface area contributed by atoms with Crippen LogP contribution in [0.3, 0.4) is 0 Å². The van der Waals surface area contributed by atoms with Crippen LogP contribution in [0.15, 0.2) is 23.1 Å². The van der Waals surface area contributed by atoms with Crippen LogP contribution in [0.1, 0.15) is 30.1 Å². The normalized spacial score (nSPS) is 24.0. The summed E-state index contributed by atoms with van der Waals surface area (Å²) in [5.41, 5.74) is -0.432. The van der Waals surface area contributed by atoms with E-state index >= 15 is 0 Å². The lowest BCUT2D eigenvalue weighted by atomic mass is 10.0. The highest BCUT2D eigenvalue weighted by Gasteiger charge is 2.34. The molecular weight excluding hydrogens is 301 g/mol. The molecule has 1 aliphatic heterocycles. The molecule has 2 atom stereocenters. The van der Waals surface area contributed by atoms with Crippen molar-refractivity contribution < 1.29 is 27.8 Å². The van der Waals surface area contributed by atoms with Gasteiger partial charge >= 0.3 is 5.97 Å². The summed E-state index contributed by atoms with van der Waals surface area (Å²) in [5, 5.41) is 18.5. The van der Waals surface area contributed by atoms with Crippen LogP contribution in [0.5, 0.6) is 0 Å². The first-order chi connectivity index (χ1) is 9.71. The van der Waals surface area contributed by atoms with E-state index in [1.807, 2.05) is 0 Å². The number of benzene rings is 1. The van der Waals surface area contributed by atoms with Crippen LogP contribution in [-0.4, -0.2) is 47.6 Å². The molecule has 1 heterocycles. The molecule has 2 N–H and O–H groups in total. The van der Waals surface area contributed by atoms with E-state index in [-0.39, 0.29) is 12.6 Å². The first-order valence-electron chi connectivity index (χ1n) is 6.45. The van der Waals surface area contributed by atoms with Crippen LogP contribution in [-0.2, 0) is 10.0 Å². The standard InChI is InChI=1S/C13H16FNO5S/c1-8-2-3-11(16)7-15(8)21(19,20)12-5-9(13(17)18)4-10(14)6-12/h4-6,8,11,16H,2-3,7H2,1H3,(H,17,18)/t8-,11-/m1/s1. The van der Waals surface area contributed by atoms with Crippen LogP contribution < -0.4 is 0 Å². The molecular formula is C13H16FNO5S. The number of rotatable bonds is 3. The number of β-amino-alcohol motifs (C(OH)–C–C–N with tert-alkyl or cyclic N) is 1. The highest BCUT2D eigenvalue weighted by molar-refractivity contribution is 7.89. The van der Waals surface area contributed by atoms with Gasteiger partial charge in [-0.15, -0.1) is 0 Å². The summed E-state index contributed by atoms with van der Waals surface area (Å²) in [4.78, 5) is 10.5. The largest absolute Gasteiger partial charge is 0.478 e. The number of piperidine rings is 1. The number of carbonyl (C=O) groups is 1. The second kappa shape index (κ2) is 5.70. The minimum atomic E-state index is -4.05. The molecule has 0 bridgehead atoms. The van der Waals surface area contributed by atoms with Crippen molar-refractivity contribution >= 4 is 16.0 Å². The number of aliphatic hydroxyl groups excluding tert-OH is 1. The Morgan fingerprint density at radius 3 is 2.62 bits per heavy atom. The number of carboxylic acid groups (broad SMARTS) is 1. The van der Waals surface area contributed by atoms with E-state index in [1.54, 1.807) is 6.92 Å². The zero-order valence-corrected chi connectivity index (χ0v) is 12.2. The van der Waals surface area contributed by atoms with Crippen LogP contribution in [0, 0.1) is 5.82 Å². The minimum absolute atomic E-state index is 0.0809. The van der Waals surface area contributed by atoms with E-state index in [0.29, 0.717) is 12.8 Å². The van der Waals surface area contributed by atoms with Crippen molar-refractivity contribution in [2.45, 2.75) is 36.8 Å². The third-order valence-corrected chi connectivity index (χ3v) is 5.48. The van der Waals surface area contributed by atoms with E-state index in [2.05, 4.69) is 0 Å². The number of carboxylic acids is 1. The molecule has 6 nitrogen and oxygen atoms in total. The first-order valence-corrected chi connectivity index (χ1v) is 7.89. The molecule has 2 rings (SSSR count). The third-order valence-electron chi connectivity index (χ3n) is 3.52. The number of sulfonamides is 1. The van der Waals surface area contributed by atoms with Crippen LogP contribution in [0.4, 0.5) is 4.39 Å². The lowest BCUT2D eigenvalue weighted by Crippen LogP contribution is -2.47. The number of aliphatic hydroxyl groups is 1. The van der Waals surface area contributed by atoms with Gasteiger partial charge in [-0.05, 0) is 38.0 Å². The number of hydrogen-bond acceptors (Lipinski definition) is 4. The fourth-order valence-electron chi connectivity index (χ4n) is 2.36. The fourth-order valence-corrected chi connectivity index (χ4v) is 4.12. The van der Waals surface area contributed by atoms with E-state index in [9.17, 15) is 22.7 Å². The van der Waals surface area contributed by atoms with E-state index < -0.39 is 38.4 Å². The summed E-state index contributed by atoms with van der Waals surface area (Å²) in [6, 6.07) is 2.13. The van der Waals surface area contributed by atoms with Crippen molar-refractivity contribution in [1.82, 2.24) is 4.31 Å². The number of hydrogen-bond donors (Lipinski definition) is 2. The molecule has 0 saturated carbocycles. The maximum Gasteiger partial charge on any atom is 0.335 e. The average molecular weight is 317 g/mol. The van der Waals surface area contributed by atoms with Gasteiger partial charge in [0, 0.05) is 12.6 Å². The van der Waals surface area contributed by atoms with Crippen molar-refractivity contribution in [3.63, 3.8) is 0 Å². The van der Waals surface area contributed by atoms with E-state index in [4.69, 9.17) is 5.11 Å². The van der Waals surface area contributed by atoms with Gasteiger partial charge in [0.1, 0.15) is 5.82 Å². The van der Waals surface area contributed by atoms with Gasteiger partial charge in [0.25, 0.3) is 0 Å². The van der Waals surface area contributed by atoms with Crippen LogP contribution >= 0.6 is 0 Å². The summed E-state index contributed by atoms with van der Waals surface area (Å²) in [6.07, 6.45) is 0.210. The molecule has 1 aromatic rings. The maximum absolute atomic E-state index is 13.5. The zero-order chi connectivity index (χ0) is 15.8. The quantitative estimate of drug-likeness (QED) is 0.869. The SMILES string of the molecule is C[C@@H]1CC[C@@H](O)CN1S(=O)(=O)c1cc(F)cc(C(=O)O)c1. The maximum atomic E-state index is 13.5. The van der Waals surface area contributed by atoms with Gasteiger partial charge in [-0.1, -0.05) is 0 Å². The second-order valence-corrected chi connectivity index (χ2v) is 7.03. The fraction of sp³-hybridized carbons (Fsp3) is 0.462. The molecule has 1 fully saturated rings. The van der Waals surface area contributed by atoms with Gasteiger partial charge in [0.05, 0.1) is 16.6 Å². The van der Waals surface area contributed by atoms with Crippen molar-refractivity contribution in [2.24, 2.45) is 0 Å². The molecule has 0 unspecified atom stereocenters. The number of nitrogens with zero attached hydrogens (tertiary/aromatic N) is 1. The van der Waals surface area contributed by atoms with Crippen LogP contribution in [0.2, 0.25) is 0 Å². The first kappa shape index (κ1) is 15.9. The molecule has 1 aromatic carbocycles. The number of halogens is 1. The minimum Gasteiger partial charge on any atom is -0.478 e. The molecule has 0 aromatic heterocycles. The van der Waals surface area contributed by atoms with Crippen molar-refractivity contribution in [2.75, 3.05) is 6.54 Å². The topological polar surface area (TPSA) is 94.9 Å².